The maximum Gasteiger partial charge on any atom is 0.125 e. The van der Waals surface area contributed by atoms with Crippen molar-refractivity contribution in [2.24, 2.45) is 21.6 Å². The highest BCUT2D eigenvalue weighted by Gasteiger charge is 2.23. The predicted molar refractivity (Wildman–Crippen MR) is 130 cm³/mol. The third-order valence-corrected chi connectivity index (χ3v) is 5.59. The molecule has 2 aromatic rings. The third-order valence-electron chi connectivity index (χ3n) is 5.10. The Morgan fingerprint density at radius 2 is 1.91 bits per heavy atom. The first kappa shape index (κ1) is 24.5. The topological polar surface area (TPSA) is 69.0 Å². The van der Waals surface area contributed by atoms with Gasteiger partial charge in [-0.3, -0.25) is 9.97 Å². The maximum atomic E-state index is 6.30. The van der Waals surface area contributed by atoms with Gasteiger partial charge in [0.15, 0.2) is 0 Å². The van der Waals surface area contributed by atoms with Crippen LogP contribution in [0.25, 0.3) is 0 Å². The molecule has 0 amide bonds. The second kappa shape index (κ2) is 10.6. The molecule has 0 spiro atoms. The van der Waals surface area contributed by atoms with E-state index in [1.54, 1.807) is 12.3 Å². The van der Waals surface area contributed by atoms with E-state index in [2.05, 4.69) is 26.3 Å². The van der Waals surface area contributed by atoms with Crippen LogP contribution in [0.3, 0.4) is 0 Å². The normalized spacial score (nSPS) is 15.8. The number of oxime groups is 2. The molecule has 2 heterocycles. The second-order valence-electron chi connectivity index (χ2n) is 9.18. The molecule has 6 nitrogen and oxygen atoms in total. The fraction of sp³-hybridized carbons (Fsp3) is 0.500. The van der Waals surface area contributed by atoms with Gasteiger partial charge in [0.1, 0.15) is 30.3 Å². The van der Waals surface area contributed by atoms with E-state index in [-0.39, 0.29) is 11.3 Å². The minimum Gasteiger partial charge on any atom is -0.395 e. The molecule has 172 valence electrons. The van der Waals surface area contributed by atoms with Crippen LogP contribution in [0, 0.1) is 18.3 Å². The molecule has 1 aliphatic carbocycles. The zero-order valence-corrected chi connectivity index (χ0v) is 20.8. The quantitative estimate of drug-likeness (QED) is 0.333. The number of aryl methyl sites for hydroxylation is 2. The number of rotatable bonds is 8. The number of fused-ring (bicyclic) bond motifs is 1. The van der Waals surface area contributed by atoms with Crippen LogP contribution in [-0.2, 0) is 16.1 Å². The number of hydrogen-bond donors (Lipinski definition) is 0. The molecule has 0 aliphatic heterocycles. The number of halogens is 2. The fourth-order valence-corrected chi connectivity index (χ4v) is 3.80. The summed E-state index contributed by atoms with van der Waals surface area (Å²) in [5, 5.41) is 9.67. The van der Waals surface area contributed by atoms with E-state index in [0.717, 1.165) is 36.4 Å². The summed E-state index contributed by atoms with van der Waals surface area (Å²) in [6.07, 6.45) is 4.51. The van der Waals surface area contributed by atoms with Gasteiger partial charge in [-0.2, -0.15) is 0 Å². The van der Waals surface area contributed by atoms with E-state index >= 15 is 0 Å². The molecule has 0 radical (unpaired) electrons. The van der Waals surface area contributed by atoms with Crippen molar-refractivity contribution >= 4 is 34.6 Å². The van der Waals surface area contributed by atoms with Crippen molar-refractivity contribution in [3.63, 3.8) is 0 Å². The van der Waals surface area contributed by atoms with E-state index in [4.69, 9.17) is 32.9 Å². The van der Waals surface area contributed by atoms with Crippen LogP contribution in [0.2, 0.25) is 10.0 Å². The molecule has 0 N–H and O–H groups in total. The van der Waals surface area contributed by atoms with Gasteiger partial charge in [0.25, 0.3) is 0 Å². The Morgan fingerprint density at radius 1 is 1.16 bits per heavy atom. The van der Waals surface area contributed by atoms with E-state index in [1.165, 1.54) is 5.56 Å². The Bertz CT molecular complexity index is 1020. The van der Waals surface area contributed by atoms with E-state index < -0.39 is 0 Å². The molecule has 0 saturated carbocycles. The first-order valence-corrected chi connectivity index (χ1v) is 11.6. The molecule has 8 heteroatoms. The summed E-state index contributed by atoms with van der Waals surface area (Å²) in [6, 6.07) is 5.83. The van der Waals surface area contributed by atoms with Gasteiger partial charge in [0.2, 0.25) is 0 Å². The van der Waals surface area contributed by atoms with Gasteiger partial charge >= 0.3 is 0 Å². The minimum absolute atomic E-state index is 0.0780. The number of nitrogens with zero attached hydrogens (tertiary/aromatic N) is 4. The lowest BCUT2D eigenvalue weighted by Crippen LogP contribution is -2.25. The highest BCUT2D eigenvalue weighted by Crippen LogP contribution is 2.24. The lowest BCUT2D eigenvalue weighted by Gasteiger charge is -2.22. The highest BCUT2D eigenvalue weighted by molar-refractivity contribution is 6.36. The molecule has 0 atom stereocenters. The summed E-state index contributed by atoms with van der Waals surface area (Å²) < 4.78 is 0. The minimum atomic E-state index is -0.301. The number of aromatic nitrogens is 2. The van der Waals surface area contributed by atoms with Crippen LogP contribution in [0.4, 0.5) is 0 Å². The van der Waals surface area contributed by atoms with Gasteiger partial charge in [-0.05, 0) is 43.9 Å². The van der Waals surface area contributed by atoms with Gasteiger partial charge in [-0.1, -0.05) is 67.3 Å². The maximum absolute atomic E-state index is 6.30. The average Bonchev–Trinajstić information content (AvgIpc) is 2.72. The molecule has 0 saturated heterocycles. The fourth-order valence-electron chi connectivity index (χ4n) is 3.32. The molecule has 3 rings (SSSR count). The molecule has 2 aromatic heterocycles. The summed E-state index contributed by atoms with van der Waals surface area (Å²) in [7, 11) is 0. The zero-order valence-electron chi connectivity index (χ0n) is 19.3. The monoisotopic (exact) mass is 476 g/mol. The molecule has 32 heavy (non-hydrogen) atoms. The Balaban J connectivity index is 1.62. The third kappa shape index (κ3) is 6.42. The SMILES string of the molecule is Cc1ccc2c(n1)C(=NOCC(C)(C)CON=C(c1ncc(Cl)cc1Cl)C(C)C)CCC2. The highest BCUT2D eigenvalue weighted by atomic mass is 35.5. The van der Waals surface area contributed by atoms with Gasteiger partial charge in [-0.15, -0.1) is 0 Å². The zero-order chi connectivity index (χ0) is 23.3. The van der Waals surface area contributed by atoms with E-state index in [1.807, 2.05) is 40.7 Å². The first-order chi connectivity index (χ1) is 15.2. The summed E-state index contributed by atoms with van der Waals surface area (Å²) in [5.74, 6) is 0.0780. The first-order valence-electron chi connectivity index (χ1n) is 10.8. The van der Waals surface area contributed by atoms with Crippen LogP contribution in [0.15, 0.2) is 34.7 Å². The number of pyridine rings is 2. The summed E-state index contributed by atoms with van der Waals surface area (Å²) in [5.41, 5.74) is 5.04. The lowest BCUT2D eigenvalue weighted by molar-refractivity contribution is -0.000437. The van der Waals surface area contributed by atoms with Gasteiger partial charge < -0.3 is 9.68 Å². The van der Waals surface area contributed by atoms with Crippen LogP contribution in [0.1, 0.15) is 63.2 Å². The lowest BCUT2D eigenvalue weighted by atomic mass is 9.94. The Labute approximate surface area is 200 Å². The van der Waals surface area contributed by atoms with Crippen molar-refractivity contribution in [1.82, 2.24) is 9.97 Å². The van der Waals surface area contributed by atoms with Crippen LogP contribution in [-0.4, -0.2) is 34.6 Å². The van der Waals surface area contributed by atoms with Crippen molar-refractivity contribution < 1.29 is 9.68 Å². The van der Waals surface area contributed by atoms with Crippen molar-refractivity contribution in [2.45, 2.75) is 53.9 Å². The van der Waals surface area contributed by atoms with Gasteiger partial charge in [0, 0.05) is 23.2 Å². The van der Waals surface area contributed by atoms with E-state index in [9.17, 15) is 0 Å². The largest absolute Gasteiger partial charge is 0.395 e. The summed E-state index contributed by atoms with van der Waals surface area (Å²) in [4.78, 5) is 20.4. The Kier molecular flexibility index (Phi) is 8.12. The van der Waals surface area contributed by atoms with Crippen molar-refractivity contribution in [1.29, 1.82) is 0 Å². The smallest absolute Gasteiger partial charge is 0.125 e. The standard InChI is InChI=1S/C24H30Cl2N4O2/c1-15(2)21(23-19(26)11-18(25)12-27-23)30-32-14-24(4,5)13-31-29-20-8-6-7-17-10-9-16(3)28-22(17)20/h9-12,15H,6-8,13-14H2,1-5H3. The van der Waals surface area contributed by atoms with Crippen LogP contribution >= 0.6 is 23.2 Å². The van der Waals surface area contributed by atoms with Gasteiger partial charge in [0.05, 0.1) is 15.7 Å². The van der Waals surface area contributed by atoms with Crippen molar-refractivity contribution in [3.05, 3.63) is 57.1 Å². The van der Waals surface area contributed by atoms with Crippen LogP contribution < -0.4 is 0 Å². The summed E-state index contributed by atoms with van der Waals surface area (Å²) >= 11 is 12.3. The second-order valence-corrected chi connectivity index (χ2v) is 10.0. The molecule has 0 bridgehead atoms. The number of hydrogen-bond acceptors (Lipinski definition) is 6. The van der Waals surface area contributed by atoms with Crippen molar-refractivity contribution in [3.8, 4) is 0 Å². The Morgan fingerprint density at radius 3 is 2.62 bits per heavy atom. The average molecular weight is 477 g/mol. The van der Waals surface area contributed by atoms with Crippen LogP contribution in [0.5, 0.6) is 0 Å². The molecule has 0 aromatic carbocycles. The van der Waals surface area contributed by atoms with Crippen molar-refractivity contribution in [2.75, 3.05) is 13.2 Å². The predicted octanol–water partition coefficient (Wildman–Crippen LogP) is 6.25. The molecular weight excluding hydrogens is 447 g/mol. The molecule has 1 aliphatic rings. The Hall–Kier alpha value is -2.18. The molecule has 0 unspecified atom stereocenters. The van der Waals surface area contributed by atoms with E-state index in [0.29, 0.717) is 34.7 Å². The molecular formula is C24H30Cl2N4O2. The summed E-state index contributed by atoms with van der Waals surface area (Å²) in [6.45, 7) is 10.8. The van der Waals surface area contributed by atoms with Gasteiger partial charge in [-0.25, -0.2) is 0 Å². The molecule has 0 fully saturated rings.